The Labute approximate surface area is 397 Å². The number of anilines is 3. The highest BCUT2D eigenvalue weighted by Crippen LogP contribution is 2.45. The molecule has 0 saturated carbocycles. The van der Waals surface area contributed by atoms with Crippen molar-refractivity contribution >= 4 is 82.5 Å². The Morgan fingerprint density at radius 1 is 0.435 bits per heavy atom. The second-order valence-electron chi connectivity index (χ2n) is 18.0. The molecule has 13 aromatic rings. The van der Waals surface area contributed by atoms with Gasteiger partial charge in [-0.1, -0.05) is 97.1 Å². The highest BCUT2D eigenvalue weighted by molar-refractivity contribution is 6.12. The maximum absolute atomic E-state index is 6.71. The number of fused-ring (bicyclic) bond motifs is 10. The van der Waals surface area contributed by atoms with Gasteiger partial charge in [-0.2, -0.15) is 0 Å². The fourth-order valence-corrected chi connectivity index (χ4v) is 11.1. The van der Waals surface area contributed by atoms with E-state index < -0.39 is 0 Å². The molecule has 0 aliphatic carbocycles. The highest BCUT2D eigenvalue weighted by Gasteiger charge is 2.26. The third-order valence-electron chi connectivity index (χ3n) is 14.1. The molecule has 69 heavy (non-hydrogen) atoms. The summed E-state index contributed by atoms with van der Waals surface area (Å²) in [5, 5.41) is 6.99. The maximum atomic E-state index is 6.71. The summed E-state index contributed by atoms with van der Waals surface area (Å²) >= 11 is 0. The van der Waals surface area contributed by atoms with Crippen LogP contribution in [0.1, 0.15) is 5.56 Å². The molecule has 0 unspecified atom stereocenters. The normalized spacial score (nSPS) is 12.7. The zero-order valence-corrected chi connectivity index (χ0v) is 38.0. The molecular formula is C61H43N7O. The van der Waals surface area contributed by atoms with Crippen LogP contribution in [0.4, 0.5) is 17.1 Å². The SMILES string of the molecule is Cc1cc(-n2c3ccncc3c3ccc(Oc4cccc(N5CN(C)c6ccccc65)c4)cc32)ncc1-c1c(-n2c3ccccc3c3ccccc32)cccc1-n1c2ccccc2c2ccccc21. The van der Waals surface area contributed by atoms with Gasteiger partial charge >= 0.3 is 0 Å². The van der Waals surface area contributed by atoms with Crippen LogP contribution in [0.25, 0.3) is 93.7 Å². The van der Waals surface area contributed by atoms with Crippen molar-refractivity contribution in [2.24, 2.45) is 0 Å². The molecule has 5 aromatic heterocycles. The summed E-state index contributed by atoms with van der Waals surface area (Å²) in [5.41, 5.74) is 15.5. The first-order chi connectivity index (χ1) is 34.1. The number of hydrogen-bond acceptors (Lipinski definition) is 5. The van der Waals surface area contributed by atoms with Crippen LogP contribution >= 0.6 is 0 Å². The third kappa shape index (κ3) is 5.95. The van der Waals surface area contributed by atoms with E-state index in [1.165, 1.54) is 32.9 Å². The van der Waals surface area contributed by atoms with Gasteiger partial charge in [0.15, 0.2) is 0 Å². The van der Waals surface area contributed by atoms with E-state index in [0.29, 0.717) is 0 Å². The van der Waals surface area contributed by atoms with Gasteiger partial charge in [-0.25, -0.2) is 4.98 Å². The Morgan fingerprint density at radius 3 is 1.61 bits per heavy atom. The molecule has 0 N–H and O–H groups in total. The van der Waals surface area contributed by atoms with E-state index in [1.54, 1.807) is 0 Å². The molecule has 1 aliphatic heterocycles. The average molecular weight is 890 g/mol. The fourth-order valence-electron chi connectivity index (χ4n) is 11.1. The Kier molecular flexibility index (Phi) is 8.61. The quantitative estimate of drug-likeness (QED) is 0.160. The monoisotopic (exact) mass is 889 g/mol. The van der Waals surface area contributed by atoms with Crippen LogP contribution in [0.3, 0.4) is 0 Å². The van der Waals surface area contributed by atoms with Crippen molar-refractivity contribution in [3.05, 3.63) is 218 Å². The van der Waals surface area contributed by atoms with Gasteiger partial charge in [0, 0.05) is 86.9 Å². The van der Waals surface area contributed by atoms with Crippen LogP contribution < -0.4 is 14.5 Å². The van der Waals surface area contributed by atoms with Gasteiger partial charge in [0.25, 0.3) is 0 Å². The number of para-hydroxylation sites is 6. The van der Waals surface area contributed by atoms with Gasteiger partial charge in [-0.3, -0.25) is 9.55 Å². The minimum Gasteiger partial charge on any atom is -0.457 e. The largest absolute Gasteiger partial charge is 0.457 e. The van der Waals surface area contributed by atoms with Gasteiger partial charge in [-0.15, -0.1) is 0 Å². The molecule has 14 rings (SSSR count). The molecule has 328 valence electrons. The minimum atomic E-state index is 0.736. The lowest BCUT2D eigenvalue weighted by molar-refractivity contribution is 0.483. The van der Waals surface area contributed by atoms with Crippen LogP contribution in [-0.2, 0) is 0 Å². The fraction of sp³-hybridized carbons (Fsp3) is 0.0492. The lowest BCUT2D eigenvalue weighted by Gasteiger charge is -2.21. The molecule has 0 fully saturated rings. The molecule has 8 heteroatoms. The van der Waals surface area contributed by atoms with E-state index in [0.717, 1.165) is 102 Å². The lowest BCUT2D eigenvalue weighted by Crippen LogP contribution is -2.23. The van der Waals surface area contributed by atoms with E-state index in [4.69, 9.17) is 9.72 Å². The van der Waals surface area contributed by atoms with E-state index in [1.807, 2.05) is 24.5 Å². The summed E-state index contributed by atoms with van der Waals surface area (Å²) in [5.74, 6) is 2.31. The summed E-state index contributed by atoms with van der Waals surface area (Å²) in [7, 11) is 2.13. The van der Waals surface area contributed by atoms with Crippen LogP contribution in [0, 0.1) is 6.92 Å². The number of rotatable bonds is 7. The lowest BCUT2D eigenvalue weighted by atomic mass is 9.98. The summed E-state index contributed by atoms with van der Waals surface area (Å²) < 4.78 is 13.8. The summed E-state index contributed by atoms with van der Waals surface area (Å²) in [6.07, 6.45) is 5.88. The number of hydrogen-bond donors (Lipinski definition) is 0. The van der Waals surface area contributed by atoms with Gasteiger partial charge in [-0.05, 0) is 97.4 Å². The van der Waals surface area contributed by atoms with Crippen LogP contribution in [0.15, 0.2) is 213 Å². The topological polar surface area (TPSA) is 56.3 Å². The van der Waals surface area contributed by atoms with Crippen LogP contribution in [0.2, 0.25) is 0 Å². The summed E-state index contributed by atoms with van der Waals surface area (Å²) in [6, 6.07) is 69.1. The van der Waals surface area contributed by atoms with Crippen molar-refractivity contribution in [1.82, 2.24) is 23.7 Å². The second-order valence-corrected chi connectivity index (χ2v) is 18.0. The number of nitrogens with zero attached hydrogens (tertiary/aromatic N) is 7. The Bertz CT molecular complexity index is 3980. The average Bonchev–Trinajstić information content (AvgIpc) is 4.12. The van der Waals surface area contributed by atoms with Gasteiger partial charge in [0.2, 0.25) is 0 Å². The zero-order chi connectivity index (χ0) is 45.7. The second kappa shape index (κ2) is 15.2. The van der Waals surface area contributed by atoms with Crippen molar-refractivity contribution in [2.45, 2.75) is 6.92 Å². The standard InChI is InChI=1S/C61H43N7O/c1-39-33-60(68-54-31-32-62-36-49(54)47-30-29-42(35-59(47)68)69-41-16-13-15-40(34-41)65-38-64(2)55-25-11-12-26-56(55)65)63-37-48(39)61-57(66-50-21-7-3-17-43(50)44-18-4-8-22-51(44)66)27-14-28-58(61)67-52-23-9-5-19-45(52)46-20-6-10-24-53(46)67/h3-37H,38H2,1-2H3. The minimum absolute atomic E-state index is 0.736. The van der Waals surface area contributed by atoms with Gasteiger partial charge in [0.05, 0.1) is 62.5 Å². The van der Waals surface area contributed by atoms with E-state index in [9.17, 15) is 0 Å². The van der Waals surface area contributed by atoms with Crippen LogP contribution in [-0.4, -0.2) is 37.4 Å². The molecule has 0 amide bonds. The third-order valence-corrected chi connectivity index (χ3v) is 14.1. The Morgan fingerprint density at radius 2 is 0.971 bits per heavy atom. The predicted octanol–water partition coefficient (Wildman–Crippen LogP) is 15.1. The molecular weight excluding hydrogens is 847 g/mol. The first-order valence-corrected chi connectivity index (χ1v) is 23.4. The molecule has 6 heterocycles. The van der Waals surface area contributed by atoms with Crippen LogP contribution in [0.5, 0.6) is 11.5 Å². The van der Waals surface area contributed by atoms with E-state index >= 15 is 0 Å². The molecule has 0 spiro atoms. The first kappa shape index (κ1) is 39.1. The number of benzene rings is 8. The summed E-state index contributed by atoms with van der Waals surface area (Å²) in [6.45, 7) is 2.98. The number of pyridine rings is 2. The zero-order valence-electron chi connectivity index (χ0n) is 38.0. The predicted molar refractivity (Wildman–Crippen MR) is 284 cm³/mol. The molecule has 8 aromatic carbocycles. The molecule has 8 nitrogen and oxygen atoms in total. The van der Waals surface area contributed by atoms with Gasteiger partial charge in [0.1, 0.15) is 17.3 Å². The molecule has 0 bridgehead atoms. The van der Waals surface area contributed by atoms with E-state index in [2.05, 4.69) is 231 Å². The Balaban J connectivity index is 0.943. The number of aryl methyl sites for hydroxylation is 1. The molecule has 1 aliphatic rings. The van der Waals surface area contributed by atoms with Gasteiger partial charge < -0.3 is 23.7 Å². The summed E-state index contributed by atoms with van der Waals surface area (Å²) in [4.78, 5) is 14.6. The Hall–Kier alpha value is -9.14. The smallest absolute Gasteiger partial charge is 0.137 e. The van der Waals surface area contributed by atoms with Crippen molar-refractivity contribution in [3.63, 3.8) is 0 Å². The highest BCUT2D eigenvalue weighted by atomic mass is 16.5. The van der Waals surface area contributed by atoms with Crippen molar-refractivity contribution in [2.75, 3.05) is 23.5 Å². The van der Waals surface area contributed by atoms with Crippen molar-refractivity contribution in [1.29, 1.82) is 0 Å². The first-order valence-electron chi connectivity index (χ1n) is 23.4. The number of ether oxygens (including phenoxy) is 1. The molecule has 0 saturated heterocycles. The van der Waals surface area contributed by atoms with Crippen molar-refractivity contribution in [3.8, 4) is 39.8 Å². The number of aromatic nitrogens is 5. The van der Waals surface area contributed by atoms with E-state index in [-0.39, 0.29) is 0 Å². The maximum Gasteiger partial charge on any atom is 0.137 e. The van der Waals surface area contributed by atoms with Crippen molar-refractivity contribution < 1.29 is 4.74 Å². The molecule has 0 radical (unpaired) electrons. The molecule has 0 atom stereocenters.